The van der Waals surface area contributed by atoms with Gasteiger partial charge in [-0.3, -0.25) is 0 Å². The zero-order valence-corrected chi connectivity index (χ0v) is 8.11. The van der Waals surface area contributed by atoms with Gasteiger partial charge in [0, 0.05) is 19.6 Å². The molecule has 0 aromatic rings. The summed E-state index contributed by atoms with van der Waals surface area (Å²) in [5.41, 5.74) is 0. The minimum Gasteiger partial charge on any atom is -0.551 e. The molecule has 0 bridgehead atoms. The van der Waals surface area contributed by atoms with Crippen LogP contribution in [0.1, 0.15) is 20.8 Å². The SMILES string of the molecule is CC[N+]([B-]Br)(CC)CC. The Morgan fingerprint density at radius 3 is 1.44 bits per heavy atom. The Bertz CT molecular complexity index is 55.9. The smallest absolute Gasteiger partial charge is 0.0794 e. The Hall–Kier alpha value is 0.505. The molecule has 2 radical (unpaired) electrons. The fourth-order valence-corrected chi connectivity index (χ4v) is 1.75. The summed E-state index contributed by atoms with van der Waals surface area (Å²) in [6, 6.07) is 0. The van der Waals surface area contributed by atoms with E-state index in [0.29, 0.717) is 0 Å². The molecule has 3 heteroatoms. The molecule has 0 aliphatic heterocycles. The molecule has 1 nitrogen and oxygen atoms in total. The van der Waals surface area contributed by atoms with Crippen LogP contribution in [0.2, 0.25) is 0 Å². The van der Waals surface area contributed by atoms with Crippen LogP contribution < -0.4 is 0 Å². The summed E-state index contributed by atoms with van der Waals surface area (Å²) in [5.74, 6) is 0. The van der Waals surface area contributed by atoms with Gasteiger partial charge < -0.3 is 20.2 Å². The zero-order valence-electron chi connectivity index (χ0n) is 6.52. The van der Waals surface area contributed by atoms with E-state index in [1.165, 1.54) is 19.6 Å². The van der Waals surface area contributed by atoms with Gasteiger partial charge in [-0.25, -0.2) is 0 Å². The Morgan fingerprint density at radius 2 is 1.44 bits per heavy atom. The average Bonchev–Trinajstić information content (AvgIpc) is 1.95. The van der Waals surface area contributed by atoms with Crippen molar-refractivity contribution in [2.24, 2.45) is 0 Å². The second-order valence-corrected chi connectivity index (χ2v) is 2.67. The summed E-state index contributed by atoms with van der Waals surface area (Å²) >= 11 is 3.40. The van der Waals surface area contributed by atoms with E-state index in [4.69, 9.17) is 0 Å². The van der Waals surface area contributed by atoms with Crippen LogP contribution in [0.25, 0.3) is 0 Å². The van der Waals surface area contributed by atoms with Gasteiger partial charge in [0.25, 0.3) is 0 Å². The highest BCUT2D eigenvalue weighted by Crippen LogP contribution is 2.04. The van der Waals surface area contributed by atoms with Gasteiger partial charge in [-0.1, -0.05) is 0 Å². The first kappa shape index (κ1) is 9.50. The van der Waals surface area contributed by atoms with E-state index >= 15 is 0 Å². The number of hydrogen-bond donors (Lipinski definition) is 0. The second-order valence-electron chi connectivity index (χ2n) is 2.26. The third-order valence-electron chi connectivity index (χ3n) is 2.10. The van der Waals surface area contributed by atoms with E-state index in [1.807, 2.05) is 0 Å². The fraction of sp³-hybridized carbons (Fsp3) is 1.00. The van der Waals surface area contributed by atoms with Gasteiger partial charge >= 0.3 is 0 Å². The number of halogens is 1. The van der Waals surface area contributed by atoms with Gasteiger partial charge in [0.15, 0.2) is 0 Å². The lowest BCUT2D eigenvalue weighted by Crippen LogP contribution is -2.48. The van der Waals surface area contributed by atoms with Crippen molar-refractivity contribution in [3.8, 4) is 0 Å². The molecular formula is C6H15BBrN. The third kappa shape index (κ3) is 2.30. The quantitative estimate of drug-likeness (QED) is 0.595. The maximum absolute atomic E-state index is 3.40. The summed E-state index contributed by atoms with van der Waals surface area (Å²) in [6.45, 7) is 10.2. The van der Waals surface area contributed by atoms with Crippen molar-refractivity contribution in [2.75, 3.05) is 19.6 Å². The molecule has 0 aromatic heterocycles. The Balaban J connectivity index is 3.82. The minimum absolute atomic E-state index is 1.07. The Morgan fingerprint density at radius 1 is 1.11 bits per heavy atom. The number of hydrogen-bond acceptors (Lipinski definition) is 0. The highest BCUT2D eigenvalue weighted by Gasteiger charge is 2.05. The van der Waals surface area contributed by atoms with E-state index < -0.39 is 0 Å². The van der Waals surface area contributed by atoms with Crippen LogP contribution in [0, 0.1) is 0 Å². The molecule has 0 spiro atoms. The normalized spacial score (nSPS) is 12.0. The topological polar surface area (TPSA) is 0 Å². The van der Waals surface area contributed by atoms with E-state index in [-0.39, 0.29) is 0 Å². The van der Waals surface area contributed by atoms with E-state index in [1.54, 1.807) is 0 Å². The van der Waals surface area contributed by atoms with Crippen molar-refractivity contribution in [3.05, 3.63) is 0 Å². The fourth-order valence-electron chi connectivity index (χ4n) is 0.878. The standard InChI is InChI=1S/C6H15BBrN/c1-4-9(5-2,6-3)7-8/h4-6H2,1-3H3. The molecule has 0 saturated heterocycles. The molecule has 0 amide bonds. The van der Waals surface area contributed by atoms with Crippen molar-refractivity contribution in [1.29, 1.82) is 0 Å². The summed E-state index contributed by atoms with van der Waals surface area (Å²) in [5, 5.41) is 0. The first-order valence-corrected chi connectivity index (χ1v) is 4.46. The van der Waals surface area contributed by atoms with Crippen molar-refractivity contribution in [3.63, 3.8) is 0 Å². The van der Waals surface area contributed by atoms with Gasteiger partial charge in [-0.2, -0.15) is 0 Å². The molecule has 0 saturated carbocycles. The summed E-state index contributed by atoms with van der Waals surface area (Å²) in [6.07, 6.45) is 2.10. The predicted molar refractivity (Wildman–Crippen MR) is 46.6 cm³/mol. The second kappa shape index (κ2) is 4.34. The van der Waals surface area contributed by atoms with Gasteiger partial charge in [0.05, 0.1) is 6.24 Å². The largest absolute Gasteiger partial charge is 0.551 e. The molecular weight excluding hydrogens is 177 g/mol. The Kier molecular flexibility index (Phi) is 4.58. The molecule has 0 rings (SSSR count). The van der Waals surface area contributed by atoms with E-state index in [9.17, 15) is 0 Å². The zero-order chi connectivity index (χ0) is 7.33. The molecule has 0 fully saturated rings. The van der Waals surface area contributed by atoms with Crippen LogP contribution in [0.3, 0.4) is 0 Å². The van der Waals surface area contributed by atoms with Crippen molar-refractivity contribution < 1.29 is 4.39 Å². The lowest BCUT2D eigenvalue weighted by atomic mass is 10.2. The monoisotopic (exact) mass is 191 g/mol. The highest BCUT2D eigenvalue weighted by atomic mass is 79.9. The number of quaternary nitrogens is 1. The maximum atomic E-state index is 3.40. The van der Waals surface area contributed by atoms with Gasteiger partial charge in [-0.15, -0.1) is 0 Å². The van der Waals surface area contributed by atoms with Gasteiger partial charge in [-0.05, 0) is 20.8 Å². The molecule has 0 unspecified atom stereocenters. The molecule has 9 heavy (non-hydrogen) atoms. The van der Waals surface area contributed by atoms with Crippen LogP contribution in [0.5, 0.6) is 0 Å². The third-order valence-corrected chi connectivity index (χ3v) is 2.97. The number of nitrogens with zero attached hydrogens (tertiary/aromatic N) is 1. The first-order valence-electron chi connectivity index (χ1n) is 3.55. The molecule has 0 heterocycles. The van der Waals surface area contributed by atoms with Crippen LogP contribution in [0.4, 0.5) is 0 Å². The van der Waals surface area contributed by atoms with Crippen LogP contribution in [-0.2, 0) is 0 Å². The van der Waals surface area contributed by atoms with Crippen molar-refractivity contribution in [1.82, 2.24) is 0 Å². The molecule has 54 valence electrons. The average molecular weight is 192 g/mol. The molecule has 0 aliphatic rings. The highest BCUT2D eigenvalue weighted by molar-refractivity contribution is 9.23. The molecule has 0 N–H and O–H groups in total. The van der Waals surface area contributed by atoms with Crippen LogP contribution in [0.15, 0.2) is 0 Å². The van der Waals surface area contributed by atoms with Gasteiger partial charge in [0.2, 0.25) is 0 Å². The van der Waals surface area contributed by atoms with Gasteiger partial charge in [0.1, 0.15) is 0 Å². The first-order chi connectivity index (χ1) is 4.24. The van der Waals surface area contributed by atoms with E-state index in [2.05, 4.69) is 42.8 Å². The lowest BCUT2D eigenvalue weighted by molar-refractivity contribution is -0.812. The molecule has 0 aromatic carbocycles. The van der Waals surface area contributed by atoms with Crippen LogP contribution in [-0.4, -0.2) is 30.3 Å². The lowest BCUT2D eigenvalue weighted by Gasteiger charge is -2.47. The number of rotatable bonds is 4. The summed E-state index contributed by atoms with van der Waals surface area (Å²) in [4.78, 5) is 0. The van der Waals surface area contributed by atoms with Crippen molar-refractivity contribution >= 4 is 22.0 Å². The molecule has 0 aliphatic carbocycles. The Labute approximate surface area is 67.3 Å². The summed E-state index contributed by atoms with van der Waals surface area (Å²) in [7, 11) is 0. The molecule has 0 atom stereocenters. The summed E-state index contributed by atoms with van der Waals surface area (Å²) < 4.78 is 1.07. The minimum atomic E-state index is 1.07. The maximum Gasteiger partial charge on any atom is 0.0794 e. The van der Waals surface area contributed by atoms with Crippen LogP contribution >= 0.6 is 15.8 Å². The predicted octanol–water partition coefficient (Wildman–Crippen LogP) is 1.79. The van der Waals surface area contributed by atoms with E-state index in [0.717, 1.165) is 4.39 Å². The van der Waals surface area contributed by atoms with Crippen molar-refractivity contribution in [2.45, 2.75) is 20.8 Å².